The number of aliphatic hydroxyl groups excluding tert-OH is 1. The van der Waals surface area contributed by atoms with E-state index in [1.54, 1.807) is 48.5 Å². The minimum atomic E-state index is -0.795. The van der Waals surface area contributed by atoms with Gasteiger partial charge in [0, 0.05) is 19.2 Å². The number of nitrogens with zero attached hydrogens (tertiary/aromatic N) is 1. The first-order valence-corrected chi connectivity index (χ1v) is 11.4. The molecule has 1 heterocycles. The van der Waals surface area contributed by atoms with Crippen molar-refractivity contribution >= 4 is 17.4 Å². The van der Waals surface area contributed by atoms with E-state index in [0.29, 0.717) is 35.0 Å². The largest absolute Gasteiger partial charge is 0.507 e. The van der Waals surface area contributed by atoms with Crippen LogP contribution in [-0.2, 0) is 14.3 Å². The molecule has 1 N–H and O–H groups in total. The van der Waals surface area contributed by atoms with E-state index in [1.165, 1.54) is 12.0 Å². The zero-order chi connectivity index (χ0) is 24.8. The number of likely N-dealkylation sites (tertiary alicyclic amines) is 1. The zero-order valence-electron chi connectivity index (χ0n) is 19.6. The lowest BCUT2D eigenvalue weighted by atomic mass is 9.95. The Balaban J connectivity index is 1.77. The Kier molecular flexibility index (Phi) is 7.48. The molecular weight excluding hydrogens is 446 g/mol. The first kappa shape index (κ1) is 24.0. The fraction of sp³-hybridized carbons (Fsp3) is 0.214. The van der Waals surface area contributed by atoms with Gasteiger partial charge in [0.25, 0.3) is 11.7 Å². The average molecular weight is 474 g/mol. The van der Waals surface area contributed by atoms with Crippen molar-refractivity contribution in [3.63, 3.8) is 0 Å². The maximum atomic E-state index is 13.1. The number of carbonyl (C=O) groups excluding carboxylic acids is 2. The molecule has 0 saturated carbocycles. The highest BCUT2D eigenvalue weighted by Gasteiger charge is 2.46. The minimum absolute atomic E-state index is 0.0205. The zero-order valence-corrected chi connectivity index (χ0v) is 19.6. The van der Waals surface area contributed by atoms with Crippen molar-refractivity contribution in [3.8, 4) is 17.2 Å². The second-order valence-corrected chi connectivity index (χ2v) is 7.93. The number of para-hydroxylation sites is 1. The Hall–Kier alpha value is -4.10. The lowest BCUT2D eigenvalue weighted by molar-refractivity contribution is -0.140. The highest BCUT2D eigenvalue weighted by atomic mass is 16.5. The summed E-state index contributed by atoms with van der Waals surface area (Å²) in [6.07, 6.45) is 0. The molecule has 180 valence electrons. The van der Waals surface area contributed by atoms with Gasteiger partial charge in [0.15, 0.2) is 0 Å². The van der Waals surface area contributed by atoms with E-state index >= 15 is 0 Å². The molecule has 0 aliphatic carbocycles. The van der Waals surface area contributed by atoms with E-state index in [9.17, 15) is 14.7 Å². The summed E-state index contributed by atoms with van der Waals surface area (Å²) >= 11 is 0. The number of hydrogen-bond donors (Lipinski definition) is 1. The lowest BCUT2D eigenvalue weighted by Gasteiger charge is -2.25. The summed E-state index contributed by atoms with van der Waals surface area (Å²) in [5, 5.41) is 11.2. The SMILES string of the molecule is CCOc1ccc(/C(O)=C2\C(=O)C(=O)N(CCOC)[C@@H]2c2cccc(Oc3ccccc3)c2)cc1. The molecule has 3 aromatic rings. The van der Waals surface area contributed by atoms with Crippen molar-refractivity contribution < 1.29 is 28.9 Å². The van der Waals surface area contributed by atoms with Gasteiger partial charge in [-0.3, -0.25) is 9.59 Å². The third-order valence-electron chi connectivity index (χ3n) is 5.67. The van der Waals surface area contributed by atoms with Crippen LogP contribution in [0.4, 0.5) is 0 Å². The molecule has 1 fully saturated rings. The molecule has 0 unspecified atom stereocenters. The van der Waals surface area contributed by atoms with Gasteiger partial charge in [-0.15, -0.1) is 0 Å². The lowest BCUT2D eigenvalue weighted by Crippen LogP contribution is -2.32. The van der Waals surface area contributed by atoms with Crippen LogP contribution in [-0.4, -0.2) is 48.6 Å². The number of methoxy groups -OCH3 is 1. The Morgan fingerprint density at radius 3 is 2.31 bits per heavy atom. The van der Waals surface area contributed by atoms with E-state index in [4.69, 9.17) is 14.2 Å². The Morgan fingerprint density at radius 2 is 1.63 bits per heavy atom. The van der Waals surface area contributed by atoms with E-state index < -0.39 is 17.7 Å². The summed E-state index contributed by atoms with van der Waals surface area (Å²) < 4.78 is 16.6. The second-order valence-electron chi connectivity index (χ2n) is 7.93. The average Bonchev–Trinajstić information content (AvgIpc) is 3.13. The smallest absolute Gasteiger partial charge is 0.295 e. The predicted octanol–water partition coefficient (Wildman–Crippen LogP) is 4.95. The molecule has 0 radical (unpaired) electrons. The Morgan fingerprint density at radius 1 is 0.914 bits per heavy atom. The summed E-state index contributed by atoms with van der Waals surface area (Å²) in [7, 11) is 1.53. The molecule has 0 spiro atoms. The van der Waals surface area contributed by atoms with E-state index in [2.05, 4.69) is 0 Å². The molecule has 3 aromatic carbocycles. The molecule has 35 heavy (non-hydrogen) atoms. The van der Waals surface area contributed by atoms with Gasteiger partial charge in [0.2, 0.25) is 0 Å². The monoisotopic (exact) mass is 473 g/mol. The van der Waals surface area contributed by atoms with Gasteiger partial charge < -0.3 is 24.2 Å². The third-order valence-corrected chi connectivity index (χ3v) is 5.67. The van der Waals surface area contributed by atoms with Crippen molar-refractivity contribution in [1.29, 1.82) is 0 Å². The molecule has 1 aliphatic rings. The van der Waals surface area contributed by atoms with Crippen LogP contribution in [0.25, 0.3) is 5.76 Å². The Bertz CT molecular complexity index is 1220. The fourth-order valence-corrected chi connectivity index (χ4v) is 4.05. The maximum absolute atomic E-state index is 13.1. The van der Waals surface area contributed by atoms with E-state index in [0.717, 1.165) is 0 Å². The van der Waals surface area contributed by atoms with Gasteiger partial charge in [0.1, 0.15) is 23.0 Å². The Labute approximate surface area is 204 Å². The number of benzene rings is 3. The van der Waals surface area contributed by atoms with Crippen LogP contribution in [0.3, 0.4) is 0 Å². The minimum Gasteiger partial charge on any atom is -0.507 e. The molecule has 7 heteroatoms. The van der Waals surface area contributed by atoms with Crippen LogP contribution in [0.5, 0.6) is 17.2 Å². The van der Waals surface area contributed by atoms with Gasteiger partial charge in [0.05, 0.1) is 24.8 Å². The summed E-state index contributed by atoms with van der Waals surface area (Å²) in [6, 6.07) is 22.4. The van der Waals surface area contributed by atoms with Gasteiger partial charge >= 0.3 is 0 Å². The van der Waals surface area contributed by atoms with Crippen LogP contribution in [0.1, 0.15) is 24.1 Å². The van der Waals surface area contributed by atoms with Crippen molar-refractivity contribution in [2.24, 2.45) is 0 Å². The molecule has 0 bridgehead atoms. The van der Waals surface area contributed by atoms with Crippen LogP contribution in [0.2, 0.25) is 0 Å². The normalized spacial score (nSPS) is 17.0. The standard InChI is InChI=1S/C28H27NO6/c1-3-34-21-14-12-19(13-15-21)26(30)24-25(29(16-17-33-2)28(32)27(24)31)20-8-7-11-23(18-20)35-22-9-5-4-6-10-22/h4-15,18,25,30H,3,16-17H2,1-2H3/b26-24+/t25-/m1/s1. The number of Topliss-reactive ketones (excluding diaryl/α,β-unsaturated/α-hetero) is 1. The summed E-state index contributed by atoms with van der Waals surface area (Å²) in [5.74, 6) is 0.179. The number of amides is 1. The van der Waals surface area contributed by atoms with Gasteiger partial charge in [-0.25, -0.2) is 0 Å². The summed E-state index contributed by atoms with van der Waals surface area (Å²) in [6.45, 7) is 2.82. The predicted molar refractivity (Wildman–Crippen MR) is 131 cm³/mol. The highest BCUT2D eigenvalue weighted by molar-refractivity contribution is 6.46. The molecule has 1 saturated heterocycles. The van der Waals surface area contributed by atoms with Gasteiger partial charge in [-0.1, -0.05) is 30.3 Å². The van der Waals surface area contributed by atoms with Crippen molar-refractivity contribution in [1.82, 2.24) is 4.90 Å². The fourth-order valence-electron chi connectivity index (χ4n) is 4.05. The van der Waals surface area contributed by atoms with Crippen LogP contribution in [0, 0.1) is 0 Å². The first-order chi connectivity index (χ1) is 17.0. The number of carbonyl (C=O) groups is 2. The van der Waals surface area contributed by atoms with Crippen LogP contribution in [0.15, 0.2) is 84.4 Å². The van der Waals surface area contributed by atoms with Crippen molar-refractivity contribution in [2.45, 2.75) is 13.0 Å². The molecule has 4 rings (SSSR count). The van der Waals surface area contributed by atoms with Crippen LogP contribution < -0.4 is 9.47 Å². The number of ether oxygens (including phenoxy) is 3. The molecular formula is C28H27NO6. The van der Waals surface area contributed by atoms with Gasteiger partial charge in [-0.05, 0) is 61.0 Å². The molecule has 1 aliphatic heterocycles. The quantitative estimate of drug-likeness (QED) is 0.269. The van der Waals surface area contributed by atoms with Crippen molar-refractivity contribution in [3.05, 3.63) is 95.6 Å². The maximum Gasteiger partial charge on any atom is 0.295 e. The third kappa shape index (κ3) is 5.20. The topological polar surface area (TPSA) is 85.3 Å². The number of hydrogen-bond acceptors (Lipinski definition) is 6. The number of ketones is 1. The van der Waals surface area contributed by atoms with E-state index in [-0.39, 0.29) is 24.5 Å². The van der Waals surface area contributed by atoms with E-state index in [1.807, 2.05) is 37.3 Å². The summed E-state index contributed by atoms with van der Waals surface area (Å²) in [4.78, 5) is 27.5. The van der Waals surface area contributed by atoms with Crippen molar-refractivity contribution in [2.75, 3.05) is 26.9 Å². The number of aliphatic hydroxyl groups is 1. The molecule has 7 nitrogen and oxygen atoms in total. The second kappa shape index (κ2) is 10.9. The highest BCUT2D eigenvalue weighted by Crippen LogP contribution is 2.40. The van der Waals surface area contributed by atoms with Crippen LogP contribution >= 0.6 is 0 Å². The van der Waals surface area contributed by atoms with Gasteiger partial charge in [-0.2, -0.15) is 0 Å². The molecule has 1 atom stereocenters. The first-order valence-electron chi connectivity index (χ1n) is 11.4. The molecule has 0 aromatic heterocycles. The number of rotatable bonds is 9. The summed E-state index contributed by atoms with van der Waals surface area (Å²) in [5.41, 5.74) is 1.08. The molecule has 1 amide bonds.